The number of nitrogens with one attached hydrogen (secondary N) is 1. The molecule has 1 aromatic heterocycles. The van der Waals surface area contributed by atoms with Crippen LogP contribution in [0, 0.1) is 11.3 Å². The van der Waals surface area contributed by atoms with Gasteiger partial charge in [-0.3, -0.25) is 5.10 Å². The Balaban J connectivity index is 2.42. The van der Waals surface area contributed by atoms with Gasteiger partial charge in [0, 0.05) is 4.90 Å². The Morgan fingerprint density at radius 3 is 2.50 bits per heavy atom. The topological polar surface area (TPSA) is 52.5 Å². The number of benzene rings is 1. The molecule has 0 spiro atoms. The number of hydrogen-bond donors (Lipinski definition) is 1. The summed E-state index contributed by atoms with van der Waals surface area (Å²) in [6, 6.07) is 8.54. The van der Waals surface area contributed by atoms with Gasteiger partial charge in [-0.05, 0) is 24.0 Å². The van der Waals surface area contributed by atoms with Crippen LogP contribution in [0.15, 0.2) is 34.3 Å². The van der Waals surface area contributed by atoms with Crippen molar-refractivity contribution >= 4 is 11.8 Å². The minimum atomic E-state index is 0.605. The second-order valence-corrected chi connectivity index (χ2v) is 4.96. The monoisotopic (exact) mass is 257 g/mol. The molecule has 92 valence electrons. The molecule has 1 N–H and O–H groups in total. The van der Waals surface area contributed by atoms with Crippen molar-refractivity contribution in [2.24, 2.45) is 0 Å². The number of aromatic nitrogens is 2. The van der Waals surface area contributed by atoms with Crippen LogP contribution >= 0.6 is 11.8 Å². The standard InChI is InChI=1S/C14H15N3S/c1-3-10-6-5-7-11(4-2)13(10)18-14-12(8-15)9-16-17-14/h5-7,9H,3-4H2,1-2H3,(H,16,17). The van der Waals surface area contributed by atoms with E-state index in [0.717, 1.165) is 17.9 Å². The smallest absolute Gasteiger partial charge is 0.113 e. The summed E-state index contributed by atoms with van der Waals surface area (Å²) in [7, 11) is 0. The number of rotatable bonds is 4. The molecule has 4 heteroatoms. The number of aryl methyl sites for hydroxylation is 2. The van der Waals surface area contributed by atoms with E-state index in [1.807, 2.05) is 0 Å². The SMILES string of the molecule is CCc1cccc(CC)c1Sc1[nH]ncc1C#N. The third-order valence-electron chi connectivity index (χ3n) is 2.87. The third kappa shape index (κ3) is 2.41. The maximum atomic E-state index is 9.01. The van der Waals surface area contributed by atoms with Gasteiger partial charge in [0.25, 0.3) is 0 Å². The Morgan fingerprint density at radius 1 is 1.28 bits per heavy atom. The van der Waals surface area contributed by atoms with Crippen molar-refractivity contribution in [2.75, 3.05) is 0 Å². The van der Waals surface area contributed by atoms with Crippen molar-refractivity contribution in [1.82, 2.24) is 10.2 Å². The van der Waals surface area contributed by atoms with Crippen LogP contribution in [0.3, 0.4) is 0 Å². The van der Waals surface area contributed by atoms with Gasteiger partial charge in [-0.1, -0.05) is 43.8 Å². The molecule has 0 bridgehead atoms. The summed E-state index contributed by atoms with van der Waals surface area (Å²) in [6.07, 6.45) is 3.56. The van der Waals surface area contributed by atoms with Crippen LogP contribution < -0.4 is 0 Å². The van der Waals surface area contributed by atoms with E-state index < -0.39 is 0 Å². The number of nitriles is 1. The highest BCUT2D eigenvalue weighted by Crippen LogP contribution is 2.34. The first-order valence-corrected chi connectivity index (χ1v) is 6.83. The third-order valence-corrected chi connectivity index (χ3v) is 4.11. The average Bonchev–Trinajstić information content (AvgIpc) is 2.86. The van der Waals surface area contributed by atoms with Crippen LogP contribution in [0.2, 0.25) is 0 Å². The zero-order chi connectivity index (χ0) is 13.0. The van der Waals surface area contributed by atoms with E-state index in [4.69, 9.17) is 5.26 Å². The van der Waals surface area contributed by atoms with Gasteiger partial charge in [-0.25, -0.2) is 0 Å². The van der Waals surface area contributed by atoms with Crippen LogP contribution in [-0.2, 0) is 12.8 Å². The molecule has 0 aliphatic heterocycles. The summed E-state index contributed by atoms with van der Waals surface area (Å²) in [5, 5.41) is 16.7. The number of nitrogens with zero attached hydrogens (tertiary/aromatic N) is 2. The molecule has 0 aliphatic rings. The maximum Gasteiger partial charge on any atom is 0.113 e. The van der Waals surface area contributed by atoms with E-state index in [1.54, 1.807) is 18.0 Å². The fourth-order valence-corrected chi connectivity index (χ4v) is 3.06. The van der Waals surface area contributed by atoms with Gasteiger partial charge >= 0.3 is 0 Å². The van der Waals surface area contributed by atoms with Crippen molar-refractivity contribution in [3.05, 3.63) is 41.1 Å². The Kier molecular flexibility index (Phi) is 4.06. The molecule has 0 unspecified atom stereocenters. The zero-order valence-corrected chi connectivity index (χ0v) is 11.3. The molecule has 1 heterocycles. The van der Waals surface area contributed by atoms with Gasteiger partial charge < -0.3 is 0 Å². The summed E-state index contributed by atoms with van der Waals surface area (Å²) in [5.74, 6) is 0. The number of H-pyrrole nitrogens is 1. The molecule has 3 nitrogen and oxygen atoms in total. The highest BCUT2D eigenvalue weighted by molar-refractivity contribution is 7.99. The number of hydrogen-bond acceptors (Lipinski definition) is 3. The quantitative estimate of drug-likeness (QED) is 0.911. The predicted molar refractivity (Wildman–Crippen MR) is 72.6 cm³/mol. The fourth-order valence-electron chi connectivity index (χ4n) is 1.86. The van der Waals surface area contributed by atoms with Crippen LogP contribution in [0.5, 0.6) is 0 Å². The molecule has 0 radical (unpaired) electrons. The summed E-state index contributed by atoms with van der Waals surface area (Å²) in [5.41, 5.74) is 3.24. The Bertz CT molecular complexity index is 559. The van der Waals surface area contributed by atoms with E-state index in [0.29, 0.717) is 5.56 Å². The highest BCUT2D eigenvalue weighted by Gasteiger charge is 2.12. The fraction of sp³-hybridized carbons (Fsp3) is 0.286. The van der Waals surface area contributed by atoms with Gasteiger partial charge in [0.2, 0.25) is 0 Å². The van der Waals surface area contributed by atoms with Crippen LogP contribution in [0.1, 0.15) is 30.5 Å². The molecule has 0 atom stereocenters. The summed E-state index contributed by atoms with van der Waals surface area (Å²) in [6.45, 7) is 4.30. The van der Waals surface area contributed by atoms with Crippen molar-refractivity contribution in [3.8, 4) is 6.07 Å². The summed E-state index contributed by atoms with van der Waals surface area (Å²) in [4.78, 5) is 1.25. The van der Waals surface area contributed by atoms with Gasteiger partial charge in [0.15, 0.2) is 0 Å². The highest BCUT2D eigenvalue weighted by atomic mass is 32.2. The molecule has 0 fully saturated rings. The largest absolute Gasteiger partial charge is 0.270 e. The van der Waals surface area contributed by atoms with Crippen molar-refractivity contribution in [2.45, 2.75) is 36.6 Å². The molecular formula is C14H15N3S. The van der Waals surface area contributed by atoms with E-state index in [1.165, 1.54) is 16.0 Å². The first kappa shape index (κ1) is 12.7. The summed E-state index contributed by atoms with van der Waals surface area (Å²) >= 11 is 1.61. The molecule has 0 saturated carbocycles. The normalized spacial score (nSPS) is 10.3. The zero-order valence-electron chi connectivity index (χ0n) is 10.5. The van der Waals surface area contributed by atoms with Crippen molar-refractivity contribution in [3.63, 3.8) is 0 Å². The molecule has 0 aliphatic carbocycles. The second-order valence-electron chi connectivity index (χ2n) is 3.94. The Hall–Kier alpha value is -1.73. The van der Waals surface area contributed by atoms with Gasteiger partial charge in [0.1, 0.15) is 16.7 Å². The lowest BCUT2D eigenvalue weighted by Gasteiger charge is -2.11. The van der Waals surface area contributed by atoms with Crippen molar-refractivity contribution in [1.29, 1.82) is 5.26 Å². The van der Waals surface area contributed by atoms with E-state index in [-0.39, 0.29) is 0 Å². The average molecular weight is 257 g/mol. The number of aromatic amines is 1. The van der Waals surface area contributed by atoms with E-state index in [2.05, 4.69) is 48.3 Å². The first-order valence-electron chi connectivity index (χ1n) is 6.02. The van der Waals surface area contributed by atoms with Crippen LogP contribution in [0.25, 0.3) is 0 Å². The predicted octanol–water partition coefficient (Wildman–Crippen LogP) is 3.56. The molecule has 2 rings (SSSR count). The molecule has 18 heavy (non-hydrogen) atoms. The van der Waals surface area contributed by atoms with E-state index >= 15 is 0 Å². The Morgan fingerprint density at radius 2 is 1.94 bits per heavy atom. The van der Waals surface area contributed by atoms with Crippen molar-refractivity contribution < 1.29 is 0 Å². The molecule has 0 saturated heterocycles. The van der Waals surface area contributed by atoms with Gasteiger partial charge in [-0.15, -0.1) is 0 Å². The van der Waals surface area contributed by atoms with Crippen LogP contribution in [0.4, 0.5) is 0 Å². The molecule has 1 aromatic carbocycles. The lowest BCUT2D eigenvalue weighted by Crippen LogP contribution is -1.93. The first-order chi connectivity index (χ1) is 8.80. The molecule has 2 aromatic rings. The molecule has 0 amide bonds. The minimum Gasteiger partial charge on any atom is -0.270 e. The molecular weight excluding hydrogens is 242 g/mol. The summed E-state index contributed by atoms with van der Waals surface area (Å²) < 4.78 is 0. The van der Waals surface area contributed by atoms with E-state index in [9.17, 15) is 0 Å². The second kappa shape index (κ2) is 5.74. The van der Waals surface area contributed by atoms with Gasteiger partial charge in [-0.2, -0.15) is 10.4 Å². The minimum absolute atomic E-state index is 0.605. The maximum absolute atomic E-state index is 9.01. The van der Waals surface area contributed by atoms with Gasteiger partial charge in [0.05, 0.1) is 6.20 Å². The lowest BCUT2D eigenvalue weighted by molar-refractivity contribution is 0.982. The lowest BCUT2D eigenvalue weighted by atomic mass is 10.1. The Labute approximate surface area is 111 Å². The van der Waals surface area contributed by atoms with Crippen LogP contribution in [-0.4, -0.2) is 10.2 Å².